The Morgan fingerprint density at radius 1 is 1.60 bits per heavy atom. The van der Waals surface area contributed by atoms with Crippen molar-refractivity contribution in [2.75, 3.05) is 13.7 Å². The second-order valence-electron chi connectivity index (χ2n) is 4.66. The summed E-state index contributed by atoms with van der Waals surface area (Å²) in [6.07, 6.45) is 3.11. The number of nitrogens with zero attached hydrogens (tertiary/aromatic N) is 1. The quantitative estimate of drug-likeness (QED) is 0.759. The van der Waals surface area contributed by atoms with E-state index in [2.05, 4.69) is 5.32 Å². The van der Waals surface area contributed by atoms with Crippen molar-refractivity contribution < 1.29 is 9.53 Å². The van der Waals surface area contributed by atoms with Crippen LogP contribution in [0.2, 0.25) is 0 Å². The first-order chi connectivity index (χ1) is 6.96. The summed E-state index contributed by atoms with van der Waals surface area (Å²) in [6.45, 7) is 3.73. The number of nitriles is 1. The molecule has 1 fully saturated rings. The molecule has 4 heteroatoms. The maximum Gasteiger partial charge on any atom is 0.240 e. The lowest BCUT2D eigenvalue weighted by atomic mass is 9.79. The van der Waals surface area contributed by atoms with Gasteiger partial charge in [0.2, 0.25) is 5.91 Å². The predicted octanol–water partition coefficient (Wildman–Crippen LogP) is 1.22. The number of carbonyl (C=O) groups is 1. The van der Waals surface area contributed by atoms with Gasteiger partial charge in [0, 0.05) is 13.7 Å². The average Bonchev–Trinajstić information content (AvgIpc) is 2.16. The number of methoxy groups -OCH3 is 1. The molecule has 0 aromatic heterocycles. The van der Waals surface area contributed by atoms with Crippen LogP contribution in [-0.4, -0.2) is 25.2 Å². The van der Waals surface area contributed by atoms with E-state index in [1.165, 1.54) is 0 Å². The molecule has 0 bridgehead atoms. The standard InChI is InChI=1S/C11H18N2O2/c1-10(2,7-12)9(14)13-8-11(15-3)5-4-6-11/h4-6,8H2,1-3H3,(H,13,14). The molecule has 0 aliphatic heterocycles. The summed E-state index contributed by atoms with van der Waals surface area (Å²) in [5.74, 6) is -0.228. The highest BCUT2D eigenvalue weighted by molar-refractivity contribution is 5.84. The summed E-state index contributed by atoms with van der Waals surface area (Å²) in [7, 11) is 1.67. The Morgan fingerprint density at radius 3 is 2.53 bits per heavy atom. The molecule has 0 heterocycles. The van der Waals surface area contributed by atoms with Gasteiger partial charge in [0.1, 0.15) is 5.41 Å². The van der Waals surface area contributed by atoms with Crippen LogP contribution in [-0.2, 0) is 9.53 Å². The maximum absolute atomic E-state index is 11.6. The smallest absolute Gasteiger partial charge is 0.240 e. The molecule has 1 amide bonds. The maximum atomic E-state index is 11.6. The van der Waals surface area contributed by atoms with Crippen LogP contribution < -0.4 is 5.32 Å². The fourth-order valence-corrected chi connectivity index (χ4v) is 1.54. The Labute approximate surface area is 90.6 Å². The molecule has 0 spiro atoms. The molecule has 0 atom stereocenters. The number of rotatable bonds is 4. The van der Waals surface area contributed by atoms with E-state index in [1.807, 2.05) is 6.07 Å². The van der Waals surface area contributed by atoms with Crippen LogP contribution in [0.5, 0.6) is 0 Å². The van der Waals surface area contributed by atoms with Crippen molar-refractivity contribution >= 4 is 5.91 Å². The zero-order valence-corrected chi connectivity index (χ0v) is 9.59. The molecule has 1 saturated carbocycles. The highest BCUT2D eigenvalue weighted by Gasteiger charge is 2.38. The number of carbonyl (C=O) groups excluding carboxylic acids is 1. The van der Waals surface area contributed by atoms with Crippen molar-refractivity contribution in [1.29, 1.82) is 5.26 Å². The van der Waals surface area contributed by atoms with Gasteiger partial charge in [0.25, 0.3) is 0 Å². The molecule has 0 aromatic carbocycles. The number of hydrogen-bond donors (Lipinski definition) is 1. The number of ether oxygens (including phenoxy) is 1. The lowest BCUT2D eigenvalue weighted by Gasteiger charge is -2.40. The Morgan fingerprint density at radius 2 is 2.20 bits per heavy atom. The van der Waals surface area contributed by atoms with E-state index in [4.69, 9.17) is 10.00 Å². The second kappa shape index (κ2) is 4.19. The molecular formula is C11H18N2O2. The third kappa shape index (κ3) is 2.48. The minimum absolute atomic E-state index is 0.179. The van der Waals surface area contributed by atoms with Crippen LogP contribution in [0.15, 0.2) is 0 Å². The fraction of sp³-hybridized carbons (Fsp3) is 0.818. The first-order valence-electron chi connectivity index (χ1n) is 5.20. The van der Waals surface area contributed by atoms with E-state index < -0.39 is 5.41 Å². The molecule has 84 valence electrons. The fourth-order valence-electron chi connectivity index (χ4n) is 1.54. The van der Waals surface area contributed by atoms with E-state index in [9.17, 15) is 4.79 Å². The molecule has 0 radical (unpaired) electrons. The van der Waals surface area contributed by atoms with Gasteiger partial charge in [-0.2, -0.15) is 5.26 Å². The van der Waals surface area contributed by atoms with Crippen LogP contribution >= 0.6 is 0 Å². The van der Waals surface area contributed by atoms with Gasteiger partial charge in [0.05, 0.1) is 11.7 Å². The normalized spacial score (nSPS) is 18.8. The van der Waals surface area contributed by atoms with Crippen molar-refractivity contribution in [1.82, 2.24) is 5.32 Å². The minimum Gasteiger partial charge on any atom is -0.376 e. The van der Waals surface area contributed by atoms with E-state index in [1.54, 1.807) is 21.0 Å². The summed E-state index contributed by atoms with van der Waals surface area (Å²) in [4.78, 5) is 11.6. The molecule has 15 heavy (non-hydrogen) atoms. The third-order valence-electron chi connectivity index (χ3n) is 3.12. The lowest BCUT2D eigenvalue weighted by Crippen LogP contribution is -2.51. The van der Waals surface area contributed by atoms with E-state index >= 15 is 0 Å². The van der Waals surface area contributed by atoms with E-state index in [0.29, 0.717) is 6.54 Å². The number of nitrogens with one attached hydrogen (secondary N) is 1. The highest BCUT2D eigenvalue weighted by atomic mass is 16.5. The van der Waals surface area contributed by atoms with Gasteiger partial charge in [0.15, 0.2) is 0 Å². The van der Waals surface area contributed by atoms with E-state index in [0.717, 1.165) is 19.3 Å². The van der Waals surface area contributed by atoms with Crippen LogP contribution in [0, 0.1) is 16.7 Å². The summed E-state index contributed by atoms with van der Waals surface area (Å²) < 4.78 is 5.37. The zero-order chi connectivity index (χ0) is 11.5. The highest BCUT2D eigenvalue weighted by Crippen LogP contribution is 2.34. The predicted molar refractivity (Wildman–Crippen MR) is 56.0 cm³/mol. The molecule has 0 unspecified atom stereocenters. The zero-order valence-electron chi connectivity index (χ0n) is 9.59. The van der Waals surface area contributed by atoms with Gasteiger partial charge < -0.3 is 10.1 Å². The molecule has 1 aliphatic rings. The molecule has 0 saturated heterocycles. The van der Waals surface area contributed by atoms with Crippen LogP contribution in [0.3, 0.4) is 0 Å². The third-order valence-corrected chi connectivity index (χ3v) is 3.12. The van der Waals surface area contributed by atoms with Crippen molar-refractivity contribution in [3.63, 3.8) is 0 Å². The largest absolute Gasteiger partial charge is 0.376 e. The molecule has 4 nitrogen and oxygen atoms in total. The van der Waals surface area contributed by atoms with Gasteiger partial charge in [-0.15, -0.1) is 0 Å². The molecule has 1 rings (SSSR count). The number of amides is 1. The first-order valence-corrected chi connectivity index (χ1v) is 5.20. The topological polar surface area (TPSA) is 62.1 Å². The Bertz CT molecular complexity index is 282. The summed E-state index contributed by atoms with van der Waals surface area (Å²) in [5, 5.41) is 11.6. The lowest BCUT2D eigenvalue weighted by molar-refractivity contribution is -0.130. The van der Waals surface area contributed by atoms with Crippen LogP contribution in [0.1, 0.15) is 33.1 Å². The molecule has 1 N–H and O–H groups in total. The monoisotopic (exact) mass is 210 g/mol. The molecular weight excluding hydrogens is 192 g/mol. The number of hydrogen-bond acceptors (Lipinski definition) is 3. The van der Waals surface area contributed by atoms with Crippen LogP contribution in [0.4, 0.5) is 0 Å². The summed E-state index contributed by atoms with van der Waals surface area (Å²) >= 11 is 0. The first kappa shape index (κ1) is 12.0. The van der Waals surface area contributed by atoms with Gasteiger partial charge in [-0.3, -0.25) is 4.79 Å². The Kier molecular flexibility index (Phi) is 3.35. The Hall–Kier alpha value is -1.08. The van der Waals surface area contributed by atoms with Crippen molar-refractivity contribution in [3.8, 4) is 6.07 Å². The van der Waals surface area contributed by atoms with Gasteiger partial charge in [-0.1, -0.05) is 0 Å². The second-order valence-corrected chi connectivity index (χ2v) is 4.66. The minimum atomic E-state index is -0.960. The summed E-state index contributed by atoms with van der Waals surface area (Å²) in [6, 6.07) is 1.98. The summed E-state index contributed by atoms with van der Waals surface area (Å²) in [5.41, 5.74) is -1.14. The van der Waals surface area contributed by atoms with E-state index in [-0.39, 0.29) is 11.5 Å². The average molecular weight is 210 g/mol. The Balaban J connectivity index is 2.44. The van der Waals surface area contributed by atoms with Crippen molar-refractivity contribution in [2.24, 2.45) is 5.41 Å². The SMILES string of the molecule is COC1(CNC(=O)C(C)(C)C#N)CCC1. The van der Waals surface area contributed by atoms with Gasteiger partial charge in [-0.05, 0) is 33.1 Å². The van der Waals surface area contributed by atoms with Crippen molar-refractivity contribution in [3.05, 3.63) is 0 Å². The molecule has 1 aliphatic carbocycles. The van der Waals surface area contributed by atoms with Crippen LogP contribution in [0.25, 0.3) is 0 Å². The van der Waals surface area contributed by atoms with Gasteiger partial charge in [-0.25, -0.2) is 0 Å². The van der Waals surface area contributed by atoms with Crippen molar-refractivity contribution in [2.45, 2.75) is 38.7 Å². The molecule has 0 aromatic rings. The van der Waals surface area contributed by atoms with Gasteiger partial charge >= 0.3 is 0 Å².